The fourth-order valence-corrected chi connectivity index (χ4v) is 12.3. The van der Waals surface area contributed by atoms with Crippen LogP contribution in [0, 0.1) is 50.6 Å². The Labute approximate surface area is 819 Å². The quantitative estimate of drug-likeness (QED) is 0.00861. The molecule has 0 aliphatic carbocycles. The van der Waals surface area contributed by atoms with Gasteiger partial charge in [-0.3, -0.25) is 80.5 Å². The number of non-ortho nitro benzene ring substituents is 5. The van der Waals surface area contributed by atoms with Gasteiger partial charge in [-0.15, -0.1) is 0 Å². The van der Waals surface area contributed by atoms with Gasteiger partial charge in [0.1, 0.15) is 103 Å². The van der Waals surface area contributed by atoms with E-state index in [1.807, 2.05) is 105 Å². The van der Waals surface area contributed by atoms with E-state index in [0.29, 0.717) is 39.1 Å². The minimum atomic E-state index is -0.568. The van der Waals surface area contributed by atoms with Crippen LogP contribution in [-0.4, -0.2) is 190 Å². The zero-order chi connectivity index (χ0) is 98.4. The summed E-state index contributed by atoms with van der Waals surface area (Å²) < 4.78 is 0. The standard InChI is InChI=1S/4C17H19N3O4.C15H15N3O4.C13H11NO2.Co.Mn.Ni/c4*1-3-19(4-2)13-6-5-12(17(22)10-13)11-18-15-9-14(20(23)24)7-8-16(15)21;1-17(2)11-4-3-10(15(20)8-11)9-16-13-7-12(18(21)22)5-6-14(13)19;15-12-7-3-1-5-10(12)9-14-11-6-2-4-8-13(11)16;;;/h4*5-11,21-22H,3-4H2,1-2H3;3-9,19-20H,1-2H3;1-9,15-16H;;;. The average molecular weight is 2000 g/mol. The van der Waals surface area contributed by atoms with Gasteiger partial charge in [0.05, 0.1) is 24.6 Å². The van der Waals surface area contributed by atoms with Crippen LogP contribution >= 0.6 is 0 Å². The monoisotopic (exact) mass is 2000 g/mol. The maximum Gasteiger partial charge on any atom is 0.271 e. The van der Waals surface area contributed by atoms with Crippen molar-refractivity contribution in [3.63, 3.8) is 0 Å². The van der Waals surface area contributed by atoms with Gasteiger partial charge in [0.2, 0.25) is 0 Å². The third-order valence-corrected chi connectivity index (χ3v) is 19.8. The second kappa shape index (κ2) is 56.0. The Kier molecular flexibility index (Phi) is 46.2. The Balaban J connectivity index is 0.000000343. The molecule has 0 atom stereocenters. The number of aliphatic imine (C=N–C) groups is 6. The van der Waals surface area contributed by atoms with E-state index in [-0.39, 0.29) is 176 Å². The summed E-state index contributed by atoms with van der Waals surface area (Å²) in [4.78, 5) is 85.5. The first-order chi connectivity index (χ1) is 64.0. The molecule has 0 bridgehead atoms. The van der Waals surface area contributed by atoms with Crippen molar-refractivity contribution in [2.24, 2.45) is 30.0 Å². The molecule has 724 valence electrons. The zero-order valence-corrected chi connectivity index (χ0v) is 78.9. The van der Waals surface area contributed by atoms with Gasteiger partial charge in [-0.25, -0.2) is 0 Å². The molecule has 12 aromatic carbocycles. The number of aromatic hydroxyl groups is 12. The Morgan fingerprint density at radius 3 is 0.620 bits per heavy atom. The Morgan fingerprint density at radius 1 is 0.241 bits per heavy atom. The maximum absolute atomic E-state index is 10.8. The number of hydrogen-bond donors (Lipinski definition) is 12. The summed E-state index contributed by atoms with van der Waals surface area (Å²) in [5, 5.41) is 172. The molecule has 12 aromatic rings. The molecular formula is C96H102CoMnN16NiO22. The molecule has 12 rings (SSSR count). The van der Waals surface area contributed by atoms with Crippen LogP contribution in [-0.2, 0) is 50.3 Å². The van der Waals surface area contributed by atoms with Crippen LogP contribution in [0.15, 0.2) is 260 Å². The fraction of sp³-hybridized carbons (Fsp3) is 0.188. The van der Waals surface area contributed by atoms with E-state index in [4.69, 9.17) is 0 Å². The first-order valence-corrected chi connectivity index (χ1v) is 41.5. The topological polar surface area (TPSA) is 549 Å². The molecule has 0 aromatic heterocycles. The molecule has 0 unspecified atom stereocenters. The molecule has 0 aliphatic heterocycles. The number of phenolic OH excluding ortho intramolecular Hbond substituents is 12. The SMILES string of the molecule is CCN(CC)c1ccc(C=Nc2cc([N+](=O)[O-])ccc2O)c(O)c1.CCN(CC)c1ccc(C=Nc2cc([N+](=O)[O-])ccc2O)c(O)c1.CCN(CC)c1ccc(C=Nc2cc([N+](=O)[O-])ccc2O)c(O)c1.CCN(CC)c1ccc(C=Nc2cc([N+](=O)[O-])ccc2O)c(O)c1.CN(C)c1ccc(C=Nc2cc([N+](=O)[O-])ccc2O)c(O)c1.Oc1ccccc1C=Nc1ccccc1O.[Co].[Mn].[Ni]. The van der Waals surface area contributed by atoms with E-state index in [9.17, 15) is 112 Å². The Hall–Kier alpha value is -16.2. The van der Waals surface area contributed by atoms with E-state index < -0.39 is 24.6 Å². The summed E-state index contributed by atoms with van der Waals surface area (Å²) in [7, 11) is 3.70. The molecule has 2 radical (unpaired) electrons. The van der Waals surface area contributed by atoms with Crippen LogP contribution in [0.5, 0.6) is 69.0 Å². The molecule has 0 amide bonds. The number of nitro groups is 5. The van der Waals surface area contributed by atoms with Crippen LogP contribution in [0.1, 0.15) is 88.8 Å². The van der Waals surface area contributed by atoms with Gasteiger partial charge in [0.15, 0.2) is 0 Å². The van der Waals surface area contributed by atoms with E-state index in [2.05, 4.69) is 49.6 Å². The first kappa shape index (κ1) is 113. The van der Waals surface area contributed by atoms with E-state index in [1.165, 1.54) is 122 Å². The van der Waals surface area contributed by atoms with Gasteiger partial charge in [-0.1, -0.05) is 24.3 Å². The van der Waals surface area contributed by atoms with Gasteiger partial charge >= 0.3 is 0 Å². The number of hydrogen-bond acceptors (Lipinski definition) is 33. The van der Waals surface area contributed by atoms with Crippen LogP contribution in [0.25, 0.3) is 0 Å². The number of anilines is 5. The van der Waals surface area contributed by atoms with Crippen LogP contribution in [0.3, 0.4) is 0 Å². The molecule has 0 fully saturated rings. The van der Waals surface area contributed by atoms with Crippen LogP contribution < -0.4 is 24.5 Å². The van der Waals surface area contributed by atoms with Gasteiger partial charge in [0, 0.05) is 307 Å². The second-order valence-electron chi connectivity index (χ2n) is 28.5. The molecule has 0 saturated carbocycles. The smallest absolute Gasteiger partial charge is 0.271 e. The van der Waals surface area contributed by atoms with Crippen molar-refractivity contribution in [1.29, 1.82) is 0 Å². The predicted molar refractivity (Wildman–Crippen MR) is 523 cm³/mol. The number of nitrogens with zero attached hydrogens (tertiary/aromatic N) is 16. The number of rotatable bonds is 30. The summed E-state index contributed by atoms with van der Waals surface area (Å²) in [5.74, 6) is -0.344. The summed E-state index contributed by atoms with van der Waals surface area (Å²) in [6.45, 7) is 22.8. The molecule has 0 saturated heterocycles. The molecule has 12 N–H and O–H groups in total. The van der Waals surface area contributed by atoms with E-state index in [0.717, 1.165) is 86.9 Å². The molecule has 41 heteroatoms. The van der Waals surface area contributed by atoms with Crippen molar-refractivity contribution in [1.82, 2.24) is 0 Å². The normalized spacial score (nSPS) is 10.6. The minimum absolute atomic E-state index is 0. The predicted octanol–water partition coefficient (Wildman–Crippen LogP) is 20.1. The minimum Gasteiger partial charge on any atom is -0.507 e. The molecule has 38 nitrogen and oxygen atoms in total. The van der Waals surface area contributed by atoms with Gasteiger partial charge in [-0.2, -0.15) is 0 Å². The number of benzene rings is 12. The van der Waals surface area contributed by atoms with Gasteiger partial charge in [0.25, 0.3) is 28.4 Å². The van der Waals surface area contributed by atoms with Crippen molar-refractivity contribution >= 4 is 128 Å². The van der Waals surface area contributed by atoms with Gasteiger partial charge in [-0.05, 0) is 171 Å². The second-order valence-corrected chi connectivity index (χ2v) is 28.5. The zero-order valence-electron chi connectivity index (χ0n) is 75.7. The van der Waals surface area contributed by atoms with E-state index in [1.54, 1.807) is 109 Å². The molecule has 0 aliphatic rings. The summed E-state index contributed by atoms with van der Waals surface area (Å²) in [5.41, 5.74) is 7.26. The third-order valence-electron chi connectivity index (χ3n) is 19.8. The van der Waals surface area contributed by atoms with Crippen LogP contribution in [0.2, 0.25) is 0 Å². The average Bonchev–Trinajstić information content (AvgIpc) is 0.844. The maximum atomic E-state index is 10.8. The van der Waals surface area contributed by atoms with Crippen molar-refractivity contribution < 1.29 is 136 Å². The summed E-state index contributed by atoms with van der Waals surface area (Å²) >= 11 is 0. The van der Waals surface area contributed by atoms with Gasteiger partial charge < -0.3 is 85.8 Å². The number of phenols is 12. The molecule has 137 heavy (non-hydrogen) atoms. The summed E-state index contributed by atoms with van der Waals surface area (Å²) in [6, 6.07) is 57.5. The number of para-hydroxylation sites is 3. The third kappa shape index (κ3) is 33.8. The Bertz CT molecular complexity index is 5730. The molecular weight excluding hydrogens is 1900 g/mol. The van der Waals surface area contributed by atoms with Crippen LogP contribution in [0.4, 0.5) is 91.0 Å². The van der Waals surface area contributed by atoms with E-state index >= 15 is 0 Å². The van der Waals surface area contributed by atoms with Crippen molar-refractivity contribution in [2.45, 2.75) is 55.4 Å². The number of nitro benzene ring substituents is 5. The van der Waals surface area contributed by atoms with Crippen molar-refractivity contribution in [3.8, 4) is 69.0 Å². The Morgan fingerprint density at radius 2 is 0.423 bits per heavy atom. The first-order valence-electron chi connectivity index (χ1n) is 41.5. The van der Waals surface area contributed by atoms with Crippen molar-refractivity contribution in [3.05, 3.63) is 314 Å². The van der Waals surface area contributed by atoms with Crippen molar-refractivity contribution in [2.75, 3.05) is 91.0 Å². The molecule has 0 heterocycles. The largest absolute Gasteiger partial charge is 0.507 e. The summed E-state index contributed by atoms with van der Waals surface area (Å²) in [6.07, 6.45) is 8.30. The fourth-order valence-electron chi connectivity index (χ4n) is 12.3. The molecule has 0 spiro atoms.